The van der Waals surface area contributed by atoms with Crippen LogP contribution >= 0.6 is 11.8 Å². The maximum Gasteiger partial charge on any atom is 0.326 e. The van der Waals surface area contributed by atoms with Crippen molar-refractivity contribution in [1.82, 2.24) is 5.32 Å². The normalized spacial score (nSPS) is 11.4. The largest absolute Gasteiger partial charge is 0.480 e. The molecule has 0 heterocycles. The molecule has 0 aliphatic heterocycles. The molecule has 0 saturated carbocycles. The number of aliphatic carboxylic acids is 1. The summed E-state index contributed by atoms with van der Waals surface area (Å²) in [4.78, 5) is 25.0. The predicted octanol–water partition coefficient (Wildman–Crippen LogP) is 6.53. The van der Waals surface area contributed by atoms with Gasteiger partial charge in [0.1, 0.15) is 6.04 Å². The molecule has 0 aromatic heterocycles. The van der Waals surface area contributed by atoms with E-state index in [0.29, 0.717) is 17.7 Å². The fraction of sp³-hybridized carbons (Fsp3) is 0.161. The lowest BCUT2D eigenvalue weighted by Gasteiger charge is -2.17. The molecule has 0 unspecified atom stereocenters. The van der Waals surface area contributed by atoms with E-state index in [0.717, 1.165) is 38.9 Å². The number of carboxylic acid groups (broad SMARTS) is 1. The topological polar surface area (TPSA) is 66.4 Å². The number of aryl methyl sites for hydroxylation is 1. The van der Waals surface area contributed by atoms with Crippen LogP contribution in [0.15, 0.2) is 84.9 Å². The van der Waals surface area contributed by atoms with Crippen LogP contribution in [0.4, 0.5) is 0 Å². The van der Waals surface area contributed by atoms with Crippen LogP contribution in [-0.2, 0) is 4.79 Å². The summed E-state index contributed by atoms with van der Waals surface area (Å²) in [5.74, 6) is -0.797. The standard InChI is InChI=1S/C31H27NO3S/c1-21-8-6-7-11-26(21)28-20-25(24-14-12-23(13-15-24)22-9-4-3-5-10-22)16-17-27(28)30(33)32-29(31(34)35)18-19-36-2/h3-5,8-17,20,29H,18-19H2,1-2H3,(H,32,33)(H,34,35)/t29-/m0/s1. The number of rotatable bonds is 9. The molecule has 1 atom stereocenters. The average Bonchev–Trinajstić information content (AvgIpc) is 2.91. The van der Waals surface area contributed by atoms with Gasteiger partial charge in [0.25, 0.3) is 5.91 Å². The molecular formula is C31H27NO3S. The highest BCUT2D eigenvalue weighted by Crippen LogP contribution is 2.32. The fourth-order valence-electron chi connectivity index (χ4n) is 4.10. The first kappa shape index (κ1) is 25.1. The zero-order valence-corrected chi connectivity index (χ0v) is 21.1. The number of benzene rings is 3. The summed E-state index contributed by atoms with van der Waals surface area (Å²) in [6.07, 6.45) is 2.27. The molecule has 0 aliphatic carbocycles. The van der Waals surface area contributed by atoms with Crippen LogP contribution in [-0.4, -0.2) is 35.0 Å². The van der Waals surface area contributed by atoms with Crippen molar-refractivity contribution in [2.45, 2.75) is 19.4 Å². The molecule has 0 radical (unpaired) electrons. The smallest absolute Gasteiger partial charge is 0.326 e. The van der Waals surface area contributed by atoms with E-state index in [1.165, 1.54) is 0 Å². The van der Waals surface area contributed by atoms with E-state index >= 15 is 0 Å². The van der Waals surface area contributed by atoms with Gasteiger partial charge in [-0.1, -0.05) is 72.8 Å². The first-order valence-electron chi connectivity index (χ1n) is 11.7. The van der Waals surface area contributed by atoms with Gasteiger partial charge in [0, 0.05) is 5.56 Å². The highest BCUT2D eigenvalue weighted by molar-refractivity contribution is 7.98. The van der Waals surface area contributed by atoms with Crippen LogP contribution in [0.25, 0.3) is 33.4 Å². The van der Waals surface area contributed by atoms with Gasteiger partial charge in [-0.05, 0) is 88.6 Å². The fourth-order valence-corrected chi connectivity index (χ4v) is 4.58. The monoisotopic (exact) mass is 493 g/mol. The molecule has 0 fully saturated rings. The minimum atomic E-state index is -1.03. The first-order valence-corrected chi connectivity index (χ1v) is 13.1. The predicted molar refractivity (Wildman–Crippen MR) is 147 cm³/mol. The second-order valence-electron chi connectivity index (χ2n) is 8.52. The number of amides is 1. The summed E-state index contributed by atoms with van der Waals surface area (Å²) in [7, 11) is 0. The highest BCUT2D eigenvalue weighted by Gasteiger charge is 2.23. The van der Waals surface area contributed by atoms with Gasteiger partial charge in [0.05, 0.1) is 0 Å². The Labute approximate surface area is 216 Å². The number of hydrogen-bond donors (Lipinski definition) is 2. The number of carboxylic acids is 1. The summed E-state index contributed by atoms with van der Waals surface area (Å²) in [5, 5.41) is 12.3. The number of nitrogens with one attached hydrogen (secondary N) is 1. The number of carbonyl (C=O) groups excluding carboxylic acids is 1. The van der Waals surface area contributed by atoms with Crippen molar-refractivity contribution in [2.75, 3.05) is 12.0 Å². The van der Waals surface area contributed by atoms with Crippen molar-refractivity contribution in [1.29, 1.82) is 0 Å². The van der Waals surface area contributed by atoms with E-state index in [1.807, 2.05) is 55.6 Å². The Hall–Kier alpha value is -4.01. The highest BCUT2D eigenvalue weighted by atomic mass is 32.2. The third kappa shape index (κ3) is 5.79. The molecule has 36 heavy (non-hydrogen) atoms. The quantitative estimate of drug-likeness (QED) is 0.278. The van der Waals surface area contributed by atoms with Gasteiger partial charge in [-0.25, -0.2) is 4.79 Å². The Morgan fingerprint density at radius 1 is 0.861 bits per heavy atom. The zero-order valence-electron chi connectivity index (χ0n) is 20.2. The van der Waals surface area contributed by atoms with Crippen LogP contribution < -0.4 is 5.32 Å². The molecule has 0 spiro atoms. The molecule has 2 N–H and O–H groups in total. The number of hydrogen-bond acceptors (Lipinski definition) is 3. The Kier molecular flexibility index (Phi) is 8.10. The maximum atomic E-state index is 13.3. The summed E-state index contributed by atoms with van der Waals surface area (Å²) in [6, 6.07) is 32.8. The minimum absolute atomic E-state index is 0.358. The van der Waals surface area contributed by atoms with Gasteiger partial charge in [-0.2, -0.15) is 11.8 Å². The van der Waals surface area contributed by atoms with Gasteiger partial charge in [-0.15, -0.1) is 0 Å². The number of thioether (sulfide) groups is 1. The summed E-state index contributed by atoms with van der Waals surface area (Å²) in [6.45, 7) is 1.96. The van der Waals surface area contributed by atoms with Crippen molar-refractivity contribution in [2.24, 2.45) is 0 Å². The molecule has 0 bridgehead atoms. The SMILES string of the molecule is CSCC[C@H](NC(=O)c1ccc(-c2ccc(-c3ccccc3)cc2)cc1-c1cc#ccc1C)C(=O)O. The van der Waals surface area contributed by atoms with E-state index < -0.39 is 17.9 Å². The third-order valence-electron chi connectivity index (χ3n) is 6.11. The molecule has 5 heteroatoms. The molecule has 4 aromatic carbocycles. The molecular weight excluding hydrogens is 466 g/mol. The average molecular weight is 494 g/mol. The lowest BCUT2D eigenvalue weighted by atomic mass is 9.91. The Balaban J connectivity index is 1.71. The molecule has 4 nitrogen and oxygen atoms in total. The van der Waals surface area contributed by atoms with Crippen molar-refractivity contribution in [3.63, 3.8) is 0 Å². The Morgan fingerprint density at radius 2 is 1.47 bits per heavy atom. The molecule has 0 aliphatic rings. The van der Waals surface area contributed by atoms with E-state index in [-0.39, 0.29) is 0 Å². The molecule has 1 amide bonds. The minimum Gasteiger partial charge on any atom is -0.480 e. The van der Waals surface area contributed by atoms with Crippen LogP contribution in [0.2, 0.25) is 0 Å². The van der Waals surface area contributed by atoms with E-state index in [1.54, 1.807) is 17.8 Å². The van der Waals surface area contributed by atoms with E-state index in [9.17, 15) is 14.7 Å². The lowest BCUT2D eigenvalue weighted by Crippen LogP contribution is -2.41. The van der Waals surface area contributed by atoms with Crippen LogP contribution in [0, 0.1) is 19.1 Å². The van der Waals surface area contributed by atoms with Gasteiger partial charge < -0.3 is 10.4 Å². The second kappa shape index (κ2) is 11.6. The summed E-state index contributed by atoms with van der Waals surface area (Å²) in [5.41, 5.74) is 7.24. The third-order valence-corrected chi connectivity index (χ3v) is 6.75. The Bertz CT molecular complexity index is 1350. The van der Waals surface area contributed by atoms with Gasteiger partial charge in [0.15, 0.2) is 0 Å². The van der Waals surface area contributed by atoms with E-state index in [2.05, 4.69) is 53.8 Å². The maximum absolute atomic E-state index is 13.3. The second-order valence-corrected chi connectivity index (χ2v) is 9.51. The zero-order chi connectivity index (χ0) is 25.5. The van der Waals surface area contributed by atoms with Crippen LogP contribution in [0.1, 0.15) is 22.3 Å². The molecule has 4 rings (SSSR count). The van der Waals surface area contributed by atoms with Crippen molar-refractivity contribution >= 4 is 23.6 Å². The van der Waals surface area contributed by atoms with Crippen LogP contribution in [0.5, 0.6) is 0 Å². The Morgan fingerprint density at radius 3 is 2.11 bits per heavy atom. The van der Waals surface area contributed by atoms with Gasteiger partial charge in [0.2, 0.25) is 0 Å². The lowest BCUT2D eigenvalue weighted by molar-refractivity contribution is -0.139. The molecule has 4 aromatic rings. The van der Waals surface area contributed by atoms with Gasteiger partial charge >= 0.3 is 5.97 Å². The van der Waals surface area contributed by atoms with Crippen molar-refractivity contribution in [3.05, 3.63) is 108 Å². The summed E-state index contributed by atoms with van der Waals surface area (Å²) < 4.78 is 0. The van der Waals surface area contributed by atoms with Crippen molar-refractivity contribution in [3.8, 4) is 33.4 Å². The van der Waals surface area contributed by atoms with Gasteiger partial charge in [-0.3, -0.25) is 4.79 Å². The molecule has 180 valence electrons. The van der Waals surface area contributed by atoms with Crippen LogP contribution in [0.3, 0.4) is 0 Å². The van der Waals surface area contributed by atoms with Crippen molar-refractivity contribution < 1.29 is 14.7 Å². The molecule has 0 saturated heterocycles. The number of carbonyl (C=O) groups is 2. The van der Waals surface area contributed by atoms with E-state index in [4.69, 9.17) is 0 Å². The first-order chi connectivity index (χ1) is 17.5. The summed E-state index contributed by atoms with van der Waals surface area (Å²) >= 11 is 1.55.